The van der Waals surface area contributed by atoms with E-state index in [4.69, 9.17) is 14.6 Å². The number of non-ortho nitro benzene ring substituents is 1. The van der Waals surface area contributed by atoms with Crippen molar-refractivity contribution in [2.24, 2.45) is 5.10 Å². The lowest BCUT2D eigenvalue weighted by Gasteiger charge is -2.38. The van der Waals surface area contributed by atoms with Crippen LogP contribution in [0.5, 0.6) is 11.5 Å². The van der Waals surface area contributed by atoms with Gasteiger partial charge in [0.15, 0.2) is 0 Å². The lowest BCUT2D eigenvalue weighted by Crippen LogP contribution is -2.33. The van der Waals surface area contributed by atoms with Crippen molar-refractivity contribution in [3.05, 3.63) is 99.6 Å². The Kier molecular flexibility index (Phi) is 4.78. The molecule has 156 valence electrons. The van der Waals surface area contributed by atoms with Gasteiger partial charge in [-0.3, -0.25) is 10.1 Å². The zero-order chi connectivity index (χ0) is 21.4. The first-order valence-electron chi connectivity index (χ1n) is 10.2. The van der Waals surface area contributed by atoms with Crippen LogP contribution >= 0.6 is 0 Å². The Morgan fingerprint density at radius 2 is 1.94 bits per heavy atom. The molecular weight excluding hydrogens is 394 g/mol. The molecule has 2 heterocycles. The van der Waals surface area contributed by atoms with Gasteiger partial charge in [0, 0.05) is 29.7 Å². The zero-order valence-electron chi connectivity index (χ0n) is 17.0. The first kappa shape index (κ1) is 19.1. The third-order valence-corrected chi connectivity index (χ3v) is 5.56. The standard InChI is InChI=1S/C24H21N3O4/c1-2-30-19-12-10-16(11-13-19)21-15-22-20-8-3-4-9-23(20)31-24(26(22)25-21)17-6-5-7-18(14-17)27(28)29/h3-14,22,24H,2,15H2,1H3/t22-,24-/m1/s1. The molecule has 0 saturated carbocycles. The zero-order valence-corrected chi connectivity index (χ0v) is 17.0. The Morgan fingerprint density at radius 3 is 2.71 bits per heavy atom. The highest BCUT2D eigenvalue weighted by Crippen LogP contribution is 2.47. The normalized spacial score (nSPS) is 19.1. The molecule has 0 N–H and O–H groups in total. The van der Waals surface area contributed by atoms with Crippen molar-refractivity contribution in [3.63, 3.8) is 0 Å². The molecule has 7 nitrogen and oxygen atoms in total. The molecule has 7 heteroatoms. The Hall–Kier alpha value is -3.87. The number of fused-ring (bicyclic) bond motifs is 3. The number of ether oxygens (including phenoxy) is 2. The van der Waals surface area contributed by atoms with Crippen LogP contribution in [-0.2, 0) is 0 Å². The fraction of sp³-hybridized carbons (Fsp3) is 0.208. The van der Waals surface area contributed by atoms with Crippen LogP contribution in [0.1, 0.15) is 42.3 Å². The third kappa shape index (κ3) is 3.48. The number of nitro groups is 1. The van der Waals surface area contributed by atoms with Gasteiger partial charge in [0.05, 0.1) is 23.3 Å². The van der Waals surface area contributed by atoms with Crippen LogP contribution in [0.15, 0.2) is 77.9 Å². The second-order valence-electron chi connectivity index (χ2n) is 7.46. The van der Waals surface area contributed by atoms with E-state index < -0.39 is 11.2 Å². The van der Waals surface area contributed by atoms with Crippen molar-refractivity contribution in [2.45, 2.75) is 25.6 Å². The van der Waals surface area contributed by atoms with E-state index in [2.05, 4.69) is 0 Å². The van der Waals surface area contributed by atoms with Gasteiger partial charge >= 0.3 is 0 Å². The van der Waals surface area contributed by atoms with Crippen molar-refractivity contribution in [3.8, 4) is 11.5 Å². The van der Waals surface area contributed by atoms with Gasteiger partial charge in [-0.15, -0.1) is 0 Å². The van der Waals surface area contributed by atoms with E-state index in [0.29, 0.717) is 12.2 Å². The molecular formula is C24H21N3O4. The Balaban J connectivity index is 1.54. The average Bonchev–Trinajstić information content (AvgIpc) is 3.25. The lowest BCUT2D eigenvalue weighted by molar-refractivity contribution is -0.385. The van der Waals surface area contributed by atoms with Crippen molar-refractivity contribution in [1.82, 2.24) is 5.01 Å². The maximum atomic E-state index is 11.3. The number of benzene rings is 3. The maximum Gasteiger partial charge on any atom is 0.269 e. The van der Waals surface area contributed by atoms with Gasteiger partial charge in [0.2, 0.25) is 6.23 Å². The van der Waals surface area contributed by atoms with Gasteiger partial charge < -0.3 is 9.47 Å². The number of nitrogens with zero attached hydrogens (tertiary/aromatic N) is 3. The van der Waals surface area contributed by atoms with E-state index in [1.54, 1.807) is 12.1 Å². The fourth-order valence-electron chi connectivity index (χ4n) is 4.13. The van der Waals surface area contributed by atoms with Crippen LogP contribution in [0.25, 0.3) is 0 Å². The maximum absolute atomic E-state index is 11.3. The van der Waals surface area contributed by atoms with E-state index >= 15 is 0 Å². The van der Waals surface area contributed by atoms with Gasteiger partial charge in [-0.25, -0.2) is 5.01 Å². The minimum atomic E-state index is -0.542. The predicted molar refractivity (Wildman–Crippen MR) is 116 cm³/mol. The Morgan fingerprint density at radius 1 is 1.13 bits per heavy atom. The Labute approximate surface area is 179 Å². The molecule has 2 atom stereocenters. The van der Waals surface area contributed by atoms with Gasteiger partial charge in [-0.2, -0.15) is 5.10 Å². The first-order chi connectivity index (χ1) is 15.1. The number of nitro benzene ring substituents is 1. The molecule has 0 fully saturated rings. The molecule has 0 radical (unpaired) electrons. The summed E-state index contributed by atoms with van der Waals surface area (Å²) >= 11 is 0. The van der Waals surface area contributed by atoms with Crippen LogP contribution in [0.4, 0.5) is 5.69 Å². The van der Waals surface area contributed by atoms with Crippen LogP contribution < -0.4 is 9.47 Å². The molecule has 31 heavy (non-hydrogen) atoms. The highest BCUT2D eigenvalue weighted by Gasteiger charge is 2.41. The van der Waals surface area contributed by atoms with Crippen molar-refractivity contribution in [1.29, 1.82) is 0 Å². The summed E-state index contributed by atoms with van der Waals surface area (Å²) in [5, 5.41) is 18.1. The monoisotopic (exact) mass is 415 g/mol. The minimum absolute atomic E-state index is 0.00391. The number of para-hydroxylation sites is 1. The van der Waals surface area contributed by atoms with Crippen molar-refractivity contribution >= 4 is 11.4 Å². The fourth-order valence-corrected chi connectivity index (χ4v) is 4.13. The molecule has 3 aromatic carbocycles. The molecule has 3 aromatic rings. The summed E-state index contributed by atoms with van der Waals surface area (Å²) in [7, 11) is 0. The lowest BCUT2D eigenvalue weighted by atomic mass is 9.96. The summed E-state index contributed by atoms with van der Waals surface area (Å²) in [5.41, 5.74) is 3.77. The number of hydrogen-bond acceptors (Lipinski definition) is 6. The number of rotatable bonds is 5. The molecule has 0 spiro atoms. The molecule has 0 bridgehead atoms. The molecule has 5 rings (SSSR count). The van der Waals surface area contributed by atoms with Crippen LogP contribution in [0.2, 0.25) is 0 Å². The quantitative estimate of drug-likeness (QED) is 0.421. The highest BCUT2D eigenvalue weighted by molar-refractivity contribution is 6.02. The third-order valence-electron chi connectivity index (χ3n) is 5.56. The van der Waals surface area contributed by atoms with Crippen molar-refractivity contribution in [2.75, 3.05) is 6.61 Å². The summed E-state index contributed by atoms with van der Waals surface area (Å²) in [5.74, 6) is 1.61. The first-order valence-corrected chi connectivity index (χ1v) is 10.2. The second kappa shape index (κ2) is 7.75. The SMILES string of the molecule is CCOc1ccc(C2=NN3[C@H](C2)c2ccccc2O[C@@H]3c2cccc([N+](=O)[O-])c2)cc1. The van der Waals surface area contributed by atoms with E-state index in [1.807, 2.05) is 66.5 Å². The van der Waals surface area contributed by atoms with E-state index in [-0.39, 0.29) is 11.7 Å². The summed E-state index contributed by atoms with van der Waals surface area (Å²) in [6, 6.07) is 22.4. The molecule has 0 saturated heterocycles. The molecule has 0 aromatic heterocycles. The molecule has 2 aliphatic rings. The molecule has 0 unspecified atom stereocenters. The van der Waals surface area contributed by atoms with E-state index in [1.165, 1.54) is 6.07 Å². The van der Waals surface area contributed by atoms with Crippen molar-refractivity contribution < 1.29 is 14.4 Å². The number of hydrazone groups is 1. The summed E-state index contributed by atoms with van der Waals surface area (Å²) in [6.45, 7) is 2.58. The highest BCUT2D eigenvalue weighted by atomic mass is 16.6. The molecule has 2 aliphatic heterocycles. The topological polar surface area (TPSA) is 77.2 Å². The summed E-state index contributed by atoms with van der Waals surface area (Å²) in [6.07, 6.45) is 0.180. The van der Waals surface area contributed by atoms with E-state index in [9.17, 15) is 10.1 Å². The smallest absolute Gasteiger partial charge is 0.269 e. The van der Waals surface area contributed by atoms with Gasteiger partial charge in [-0.05, 0) is 42.8 Å². The van der Waals surface area contributed by atoms with Crippen LogP contribution in [0, 0.1) is 10.1 Å². The minimum Gasteiger partial charge on any atom is -0.494 e. The van der Waals surface area contributed by atoms with Gasteiger partial charge in [-0.1, -0.05) is 30.3 Å². The summed E-state index contributed by atoms with van der Waals surface area (Å²) in [4.78, 5) is 10.9. The largest absolute Gasteiger partial charge is 0.494 e. The van der Waals surface area contributed by atoms with Crippen LogP contribution in [-0.4, -0.2) is 22.3 Å². The second-order valence-corrected chi connectivity index (χ2v) is 7.46. The van der Waals surface area contributed by atoms with Gasteiger partial charge in [0.25, 0.3) is 5.69 Å². The van der Waals surface area contributed by atoms with E-state index in [0.717, 1.165) is 34.8 Å². The average molecular weight is 415 g/mol. The Bertz CT molecular complexity index is 1160. The number of hydrogen-bond donors (Lipinski definition) is 0. The molecule has 0 aliphatic carbocycles. The summed E-state index contributed by atoms with van der Waals surface area (Å²) < 4.78 is 11.8. The predicted octanol–water partition coefficient (Wildman–Crippen LogP) is 5.24. The van der Waals surface area contributed by atoms with Gasteiger partial charge in [0.1, 0.15) is 11.5 Å². The van der Waals surface area contributed by atoms with Crippen LogP contribution in [0.3, 0.4) is 0 Å². The molecule has 0 amide bonds.